The van der Waals surface area contributed by atoms with E-state index in [0.29, 0.717) is 17.4 Å². The highest BCUT2D eigenvalue weighted by molar-refractivity contribution is 6.96. The second-order valence-corrected chi connectivity index (χ2v) is 11.1. The first-order valence-electron chi connectivity index (χ1n) is 14.8. The van der Waals surface area contributed by atoms with E-state index in [9.17, 15) is 0 Å². The van der Waals surface area contributed by atoms with Crippen molar-refractivity contribution in [1.82, 2.24) is 15.0 Å². The van der Waals surface area contributed by atoms with Gasteiger partial charge in [-0.3, -0.25) is 0 Å². The van der Waals surface area contributed by atoms with Gasteiger partial charge in [0.15, 0.2) is 11.6 Å². The third-order valence-corrected chi connectivity index (χ3v) is 8.62. The van der Waals surface area contributed by atoms with Gasteiger partial charge in [0.05, 0.1) is 0 Å². The molecule has 0 atom stereocenters. The number of para-hydroxylation sites is 1. The monoisotopic (exact) mass is 561 g/mol. The Balaban J connectivity index is 1.37. The topological polar surface area (TPSA) is 51.8 Å². The summed E-state index contributed by atoms with van der Waals surface area (Å²) in [6.45, 7) is -0.234. The fourth-order valence-electron chi connectivity index (χ4n) is 6.65. The fourth-order valence-corrected chi connectivity index (χ4v) is 6.65. The van der Waals surface area contributed by atoms with E-state index in [2.05, 4.69) is 97.1 Å². The number of rotatable bonds is 3. The molecule has 0 spiro atoms. The number of hydrogen-bond donors (Lipinski definition) is 0. The first kappa shape index (κ1) is 24.8. The molecule has 204 valence electrons. The third kappa shape index (κ3) is 3.83. The maximum absolute atomic E-state index is 6.63. The predicted octanol–water partition coefficient (Wildman–Crippen LogP) is 7.27. The summed E-state index contributed by atoms with van der Waals surface area (Å²) in [4.78, 5) is 15.4. The molecule has 44 heavy (non-hydrogen) atoms. The third-order valence-electron chi connectivity index (χ3n) is 8.62. The zero-order chi connectivity index (χ0) is 29.0. The molecular weight excluding hydrogens is 537 g/mol. The van der Waals surface area contributed by atoms with Crippen LogP contribution in [0.5, 0.6) is 0 Å². The molecule has 0 radical (unpaired) electrons. The standard InChI is InChI=1S/C39H24BN3O/c1-3-13-25(14-4-1)37-41-38(26-15-5-2-6-16-26)43-39(42-37)40-32-20-10-7-17-27(32)29-23-24-30-28-18-9-12-22-34(28)44-36(30)35(29)31-19-8-11-21-33(31)40/h1-24H. The average Bonchev–Trinajstić information content (AvgIpc) is 3.42. The minimum atomic E-state index is -0.234. The maximum atomic E-state index is 6.63. The van der Waals surface area contributed by atoms with Crippen molar-refractivity contribution in [3.63, 3.8) is 0 Å². The molecule has 5 heteroatoms. The number of fused-ring (bicyclic) bond motifs is 9. The van der Waals surface area contributed by atoms with Crippen molar-refractivity contribution in [2.75, 3.05) is 0 Å². The van der Waals surface area contributed by atoms with E-state index in [1.807, 2.05) is 48.5 Å². The van der Waals surface area contributed by atoms with Crippen LogP contribution in [0.2, 0.25) is 0 Å². The Morgan fingerprint density at radius 2 is 1.00 bits per heavy atom. The number of furan rings is 1. The van der Waals surface area contributed by atoms with Crippen LogP contribution >= 0.6 is 0 Å². The lowest BCUT2D eigenvalue weighted by Crippen LogP contribution is -2.55. The first-order valence-corrected chi connectivity index (χ1v) is 14.8. The zero-order valence-corrected chi connectivity index (χ0v) is 23.7. The van der Waals surface area contributed by atoms with Crippen molar-refractivity contribution in [2.24, 2.45) is 0 Å². The minimum absolute atomic E-state index is 0.234. The Morgan fingerprint density at radius 1 is 0.432 bits per heavy atom. The zero-order valence-electron chi connectivity index (χ0n) is 23.7. The van der Waals surface area contributed by atoms with Crippen molar-refractivity contribution >= 4 is 45.3 Å². The molecule has 0 unspecified atom stereocenters. The van der Waals surface area contributed by atoms with Crippen LogP contribution in [0.1, 0.15) is 0 Å². The van der Waals surface area contributed by atoms with Gasteiger partial charge in [-0.15, -0.1) is 0 Å². The van der Waals surface area contributed by atoms with Gasteiger partial charge in [-0.1, -0.05) is 144 Å². The summed E-state index contributed by atoms with van der Waals surface area (Å²) in [5.74, 6) is 1.32. The van der Waals surface area contributed by atoms with E-state index < -0.39 is 0 Å². The summed E-state index contributed by atoms with van der Waals surface area (Å²) in [6, 6.07) is 50.3. The van der Waals surface area contributed by atoms with Gasteiger partial charge in [0.2, 0.25) is 0 Å². The summed E-state index contributed by atoms with van der Waals surface area (Å²) in [7, 11) is 0. The molecule has 0 saturated carbocycles. The van der Waals surface area contributed by atoms with Gasteiger partial charge in [-0.05, 0) is 28.8 Å². The van der Waals surface area contributed by atoms with Crippen LogP contribution in [0.25, 0.3) is 67.0 Å². The van der Waals surface area contributed by atoms with E-state index in [0.717, 1.165) is 66.2 Å². The van der Waals surface area contributed by atoms with E-state index in [4.69, 9.17) is 19.4 Å². The largest absolute Gasteiger partial charge is 0.455 e. The van der Waals surface area contributed by atoms with Gasteiger partial charge in [-0.2, -0.15) is 0 Å². The predicted molar refractivity (Wildman–Crippen MR) is 180 cm³/mol. The molecule has 0 N–H and O–H groups in total. The van der Waals surface area contributed by atoms with Crippen LogP contribution in [-0.2, 0) is 0 Å². The van der Waals surface area contributed by atoms with Gasteiger partial charge < -0.3 is 4.42 Å². The Kier molecular flexibility index (Phi) is 5.57. The lowest BCUT2D eigenvalue weighted by atomic mass is 9.38. The SMILES string of the molecule is c1ccc(-c2nc(B3c4ccccc4-c4ccc5c(oc6ccccc65)c4-c4ccccc43)nc(-c3ccccc3)n2)cc1. The van der Waals surface area contributed by atoms with Gasteiger partial charge in [-0.25, -0.2) is 15.0 Å². The van der Waals surface area contributed by atoms with Crippen LogP contribution in [-0.4, -0.2) is 21.7 Å². The van der Waals surface area contributed by atoms with Crippen LogP contribution < -0.4 is 16.6 Å². The van der Waals surface area contributed by atoms with Crippen molar-refractivity contribution < 1.29 is 4.42 Å². The van der Waals surface area contributed by atoms with Gasteiger partial charge >= 0.3 is 0 Å². The van der Waals surface area contributed by atoms with Crippen molar-refractivity contribution in [2.45, 2.75) is 0 Å². The lowest BCUT2D eigenvalue weighted by molar-refractivity contribution is 0.670. The van der Waals surface area contributed by atoms with Crippen molar-refractivity contribution in [3.8, 4) is 45.0 Å². The number of benzene rings is 6. The van der Waals surface area contributed by atoms with Gasteiger partial charge in [0.1, 0.15) is 16.9 Å². The lowest BCUT2D eigenvalue weighted by Gasteiger charge is -2.18. The van der Waals surface area contributed by atoms with E-state index in [1.54, 1.807) is 0 Å². The molecular formula is C39H24BN3O. The van der Waals surface area contributed by atoms with Gasteiger partial charge in [0.25, 0.3) is 6.71 Å². The molecule has 3 heterocycles. The van der Waals surface area contributed by atoms with Gasteiger partial charge in [0, 0.05) is 27.5 Å². The molecule has 1 aliphatic heterocycles. The smallest absolute Gasteiger partial charge is 0.291 e. The van der Waals surface area contributed by atoms with Crippen molar-refractivity contribution in [3.05, 3.63) is 146 Å². The molecule has 0 amide bonds. The number of aromatic nitrogens is 3. The molecule has 8 aromatic rings. The molecule has 2 aromatic heterocycles. The molecule has 6 aromatic carbocycles. The van der Waals surface area contributed by atoms with E-state index >= 15 is 0 Å². The molecule has 0 saturated heterocycles. The first-order chi connectivity index (χ1) is 21.8. The summed E-state index contributed by atoms with van der Waals surface area (Å²) >= 11 is 0. The second kappa shape index (κ2) is 9.89. The Morgan fingerprint density at radius 3 is 1.70 bits per heavy atom. The molecule has 0 bridgehead atoms. The number of hydrogen-bond acceptors (Lipinski definition) is 4. The second-order valence-electron chi connectivity index (χ2n) is 11.1. The molecule has 0 fully saturated rings. The highest BCUT2D eigenvalue weighted by Gasteiger charge is 2.35. The number of nitrogens with zero attached hydrogens (tertiary/aromatic N) is 3. The normalized spacial score (nSPS) is 12.0. The Labute approximate surface area is 254 Å². The molecule has 4 nitrogen and oxygen atoms in total. The van der Waals surface area contributed by atoms with E-state index in [1.165, 1.54) is 0 Å². The van der Waals surface area contributed by atoms with Crippen LogP contribution in [0.4, 0.5) is 0 Å². The van der Waals surface area contributed by atoms with Crippen LogP contribution in [0.3, 0.4) is 0 Å². The maximum Gasteiger partial charge on any atom is 0.291 e. The van der Waals surface area contributed by atoms with Crippen LogP contribution in [0, 0.1) is 0 Å². The van der Waals surface area contributed by atoms with E-state index in [-0.39, 0.29) is 6.71 Å². The summed E-state index contributed by atoms with van der Waals surface area (Å²) < 4.78 is 6.63. The fraction of sp³-hybridized carbons (Fsp3) is 0. The summed E-state index contributed by atoms with van der Waals surface area (Å²) in [5.41, 5.74) is 11.2. The molecule has 1 aliphatic rings. The molecule has 9 rings (SSSR count). The molecule has 0 aliphatic carbocycles. The highest BCUT2D eigenvalue weighted by atomic mass is 16.3. The Hall–Kier alpha value is -5.81. The summed E-state index contributed by atoms with van der Waals surface area (Å²) in [6.07, 6.45) is 0. The summed E-state index contributed by atoms with van der Waals surface area (Å²) in [5, 5.41) is 2.23. The quantitative estimate of drug-likeness (QED) is 0.213. The minimum Gasteiger partial charge on any atom is -0.455 e. The average molecular weight is 561 g/mol. The van der Waals surface area contributed by atoms with Crippen LogP contribution in [0.15, 0.2) is 150 Å². The van der Waals surface area contributed by atoms with Crippen molar-refractivity contribution in [1.29, 1.82) is 0 Å². The highest BCUT2D eigenvalue weighted by Crippen LogP contribution is 2.42. The Bertz CT molecular complexity index is 2290.